The lowest BCUT2D eigenvalue weighted by atomic mass is 10.0. The fraction of sp³-hybridized carbons (Fsp3) is 0.261. The number of amides is 1. The normalized spacial score (nSPS) is 18.0. The number of rotatable bonds is 6. The van der Waals surface area contributed by atoms with Gasteiger partial charge in [0, 0.05) is 29.2 Å². The van der Waals surface area contributed by atoms with Gasteiger partial charge in [-0.3, -0.25) is 9.78 Å². The van der Waals surface area contributed by atoms with Crippen molar-refractivity contribution in [3.8, 4) is 5.75 Å². The Balaban J connectivity index is 1.78. The van der Waals surface area contributed by atoms with Crippen LogP contribution in [0.25, 0.3) is 0 Å². The lowest BCUT2D eigenvalue weighted by Crippen LogP contribution is -2.29. The van der Waals surface area contributed by atoms with E-state index >= 15 is 0 Å². The number of hydrogen-bond acceptors (Lipinski definition) is 5. The summed E-state index contributed by atoms with van der Waals surface area (Å²) in [7, 11) is 1.60. The van der Waals surface area contributed by atoms with E-state index in [2.05, 4.69) is 38.9 Å². The van der Waals surface area contributed by atoms with Gasteiger partial charge in [0.05, 0.1) is 30.6 Å². The molecule has 0 saturated carbocycles. The number of nitrogens with zero attached hydrogens (tertiary/aromatic N) is 2. The van der Waals surface area contributed by atoms with Crippen molar-refractivity contribution < 1.29 is 9.53 Å². The standard InChI is InChI=1S/C23H24N4O2S2/c1-4-19(28)25-16-9-8-15(13-18(16)29-3)27-21(22-14(2)10-12-31-22)20(26-23(27)30)17-7-5-6-11-24-17/h5-13,20-21H,4H2,1-3H3,(H,25,28)(H,26,30)/t20-,21-/m1/s1. The van der Waals surface area contributed by atoms with E-state index in [0.29, 0.717) is 23.0 Å². The Kier molecular flexibility index (Phi) is 6.20. The average Bonchev–Trinajstić information content (AvgIpc) is 3.36. The summed E-state index contributed by atoms with van der Waals surface area (Å²) >= 11 is 7.49. The molecule has 2 atom stereocenters. The summed E-state index contributed by atoms with van der Waals surface area (Å²) in [5, 5.41) is 9.08. The highest BCUT2D eigenvalue weighted by atomic mass is 32.1. The highest BCUT2D eigenvalue weighted by Gasteiger charge is 2.42. The molecule has 3 aromatic rings. The molecule has 0 bridgehead atoms. The lowest BCUT2D eigenvalue weighted by Gasteiger charge is -2.28. The van der Waals surface area contributed by atoms with Crippen LogP contribution < -0.4 is 20.3 Å². The molecule has 0 spiro atoms. The minimum Gasteiger partial charge on any atom is -0.494 e. The zero-order valence-electron chi connectivity index (χ0n) is 17.6. The van der Waals surface area contributed by atoms with E-state index in [1.54, 1.807) is 24.6 Å². The van der Waals surface area contributed by atoms with Crippen molar-refractivity contribution in [1.82, 2.24) is 10.3 Å². The van der Waals surface area contributed by atoms with Crippen molar-refractivity contribution in [3.05, 3.63) is 70.2 Å². The van der Waals surface area contributed by atoms with Crippen LogP contribution in [0.2, 0.25) is 0 Å². The third kappa shape index (κ3) is 4.13. The molecular weight excluding hydrogens is 428 g/mol. The van der Waals surface area contributed by atoms with Crippen molar-refractivity contribution in [2.45, 2.75) is 32.4 Å². The minimum absolute atomic E-state index is 0.0526. The summed E-state index contributed by atoms with van der Waals surface area (Å²) in [6.45, 7) is 3.93. The summed E-state index contributed by atoms with van der Waals surface area (Å²) in [6, 6.07) is 13.6. The van der Waals surface area contributed by atoms with Gasteiger partial charge in [-0.05, 0) is 60.4 Å². The molecule has 6 nitrogen and oxygen atoms in total. The van der Waals surface area contributed by atoms with Crippen LogP contribution in [-0.2, 0) is 4.79 Å². The van der Waals surface area contributed by atoms with E-state index < -0.39 is 0 Å². The highest BCUT2D eigenvalue weighted by molar-refractivity contribution is 7.80. The van der Waals surface area contributed by atoms with Gasteiger partial charge in [-0.1, -0.05) is 13.0 Å². The zero-order chi connectivity index (χ0) is 22.0. The maximum atomic E-state index is 11.9. The molecule has 1 saturated heterocycles. The van der Waals surface area contributed by atoms with Crippen LogP contribution in [0.4, 0.5) is 11.4 Å². The van der Waals surface area contributed by atoms with E-state index in [1.807, 2.05) is 43.3 Å². The molecule has 1 amide bonds. The molecule has 2 aromatic heterocycles. The highest BCUT2D eigenvalue weighted by Crippen LogP contribution is 2.45. The van der Waals surface area contributed by atoms with Gasteiger partial charge in [-0.15, -0.1) is 11.3 Å². The Morgan fingerprint density at radius 1 is 1.32 bits per heavy atom. The van der Waals surface area contributed by atoms with Crippen molar-refractivity contribution in [3.63, 3.8) is 0 Å². The van der Waals surface area contributed by atoms with Crippen molar-refractivity contribution >= 4 is 45.9 Å². The van der Waals surface area contributed by atoms with Gasteiger partial charge in [0.15, 0.2) is 5.11 Å². The predicted octanol–water partition coefficient (Wildman–Crippen LogP) is 4.99. The zero-order valence-corrected chi connectivity index (χ0v) is 19.2. The first kappa shape index (κ1) is 21.3. The van der Waals surface area contributed by atoms with Gasteiger partial charge in [-0.2, -0.15) is 0 Å². The van der Waals surface area contributed by atoms with E-state index in [-0.39, 0.29) is 18.0 Å². The Morgan fingerprint density at radius 2 is 2.16 bits per heavy atom. The molecule has 2 N–H and O–H groups in total. The molecule has 1 aliphatic rings. The van der Waals surface area contributed by atoms with Crippen LogP contribution in [0.15, 0.2) is 54.0 Å². The number of aromatic nitrogens is 1. The summed E-state index contributed by atoms with van der Waals surface area (Å²) in [4.78, 5) is 19.8. The number of hydrogen-bond donors (Lipinski definition) is 2. The predicted molar refractivity (Wildman–Crippen MR) is 129 cm³/mol. The number of carbonyl (C=O) groups is 1. The minimum atomic E-state index is -0.0866. The first-order valence-corrected chi connectivity index (χ1v) is 11.3. The number of carbonyl (C=O) groups excluding carboxylic acids is 1. The molecule has 1 fully saturated rings. The van der Waals surface area contributed by atoms with E-state index in [1.165, 1.54) is 10.4 Å². The largest absolute Gasteiger partial charge is 0.494 e. The Hall–Kier alpha value is -2.97. The van der Waals surface area contributed by atoms with Crippen molar-refractivity contribution in [1.29, 1.82) is 0 Å². The first-order valence-electron chi connectivity index (χ1n) is 10.1. The number of ether oxygens (including phenoxy) is 1. The van der Waals surface area contributed by atoms with Crippen molar-refractivity contribution in [2.24, 2.45) is 0 Å². The number of aryl methyl sites for hydroxylation is 1. The molecule has 0 radical (unpaired) electrons. The van der Waals surface area contributed by atoms with Gasteiger partial charge >= 0.3 is 0 Å². The number of benzene rings is 1. The second-order valence-corrected chi connectivity index (χ2v) is 8.59. The monoisotopic (exact) mass is 452 g/mol. The number of methoxy groups -OCH3 is 1. The van der Waals surface area contributed by atoms with Crippen LogP contribution in [0.1, 0.15) is 41.6 Å². The summed E-state index contributed by atoms with van der Waals surface area (Å²) in [5.74, 6) is 0.525. The van der Waals surface area contributed by atoms with Crippen LogP contribution in [0.3, 0.4) is 0 Å². The second kappa shape index (κ2) is 9.03. The molecule has 31 heavy (non-hydrogen) atoms. The second-order valence-electron chi connectivity index (χ2n) is 7.25. The molecule has 1 aromatic carbocycles. The Labute approximate surface area is 191 Å². The number of nitrogens with one attached hydrogen (secondary N) is 2. The molecule has 0 unspecified atom stereocenters. The molecule has 160 valence electrons. The summed E-state index contributed by atoms with van der Waals surface area (Å²) in [6.07, 6.45) is 2.20. The number of thiophene rings is 1. The van der Waals surface area contributed by atoms with E-state index in [0.717, 1.165) is 11.4 Å². The quantitative estimate of drug-likeness (QED) is 0.514. The molecule has 4 rings (SSSR count). The number of anilines is 2. The van der Waals surface area contributed by atoms with Crippen LogP contribution >= 0.6 is 23.6 Å². The number of thiocarbonyl (C=S) groups is 1. The fourth-order valence-corrected chi connectivity index (χ4v) is 5.16. The van der Waals surface area contributed by atoms with Gasteiger partial charge in [-0.25, -0.2) is 0 Å². The maximum Gasteiger partial charge on any atom is 0.224 e. The molecule has 3 heterocycles. The Morgan fingerprint density at radius 3 is 2.81 bits per heavy atom. The topological polar surface area (TPSA) is 66.5 Å². The average molecular weight is 453 g/mol. The lowest BCUT2D eigenvalue weighted by molar-refractivity contribution is -0.115. The van der Waals surface area contributed by atoms with Crippen LogP contribution in [0, 0.1) is 6.92 Å². The van der Waals surface area contributed by atoms with E-state index in [4.69, 9.17) is 17.0 Å². The third-order valence-electron chi connectivity index (χ3n) is 5.33. The van der Waals surface area contributed by atoms with Gasteiger partial charge in [0.25, 0.3) is 0 Å². The maximum absolute atomic E-state index is 11.9. The van der Waals surface area contributed by atoms with Gasteiger partial charge in [0.1, 0.15) is 5.75 Å². The van der Waals surface area contributed by atoms with Crippen molar-refractivity contribution in [2.75, 3.05) is 17.3 Å². The molecule has 8 heteroatoms. The van der Waals surface area contributed by atoms with Gasteiger partial charge < -0.3 is 20.3 Å². The number of pyridine rings is 1. The molecular formula is C23H24N4O2S2. The summed E-state index contributed by atoms with van der Waals surface area (Å²) in [5.41, 5.74) is 3.68. The van der Waals surface area contributed by atoms with Crippen LogP contribution in [0.5, 0.6) is 5.75 Å². The SMILES string of the molecule is CCC(=O)Nc1ccc(N2C(=S)N[C@H](c3ccccn3)[C@@H]2c2sccc2C)cc1OC. The third-order valence-corrected chi connectivity index (χ3v) is 6.73. The van der Waals surface area contributed by atoms with Crippen LogP contribution in [-0.4, -0.2) is 23.1 Å². The van der Waals surface area contributed by atoms with E-state index in [9.17, 15) is 4.79 Å². The first-order chi connectivity index (χ1) is 15.0. The molecule has 1 aliphatic heterocycles. The summed E-state index contributed by atoms with van der Waals surface area (Å²) < 4.78 is 5.57. The van der Waals surface area contributed by atoms with Gasteiger partial charge in [0.2, 0.25) is 5.91 Å². The molecule has 0 aliphatic carbocycles. The Bertz CT molecular complexity index is 1100. The fourth-order valence-electron chi connectivity index (χ4n) is 3.76. The smallest absolute Gasteiger partial charge is 0.224 e.